The molecule has 0 amide bonds. The number of ether oxygens (including phenoxy) is 3. The summed E-state index contributed by atoms with van der Waals surface area (Å²) in [7, 11) is 0. The Labute approximate surface area is 349 Å². The van der Waals surface area contributed by atoms with E-state index in [2.05, 4.69) is 14.2 Å². The number of benzene rings is 1. The van der Waals surface area contributed by atoms with Crippen molar-refractivity contribution in [3.05, 3.63) is 17.5 Å². The van der Waals surface area contributed by atoms with Gasteiger partial charge < -0.3 is 14.2 Å². The molecule has 1 rings (SSSR count). The normalized spacial score (nSPS) is 15.7. The molecule has 3 nitrogen and oxygen atoms in total. The van der Waals surface area contributed by atoms with Crippen molar-refractivity contribution in [1.82, 2.24) is 0 Å². The Balaban J connectivity index is 4.21. The molecule has 0 heterocycles. The highest BCUT2D eigenvalue weighted by Crippen LogP contribution is 2.62. The molecule has 0 saturated carbocycles. The summed E-state index contributed by atoms with van der Waals surface area (Å²) in [5.41, 5.74) is 0. The molecule has 0 N–H and O–H groups in total. The van der Waals surface area contributed by atoms with Crippen LogP contribution in [0.3, 0.4) is 0 Å². The summed E-state index contributed by atoms with van der Waals surface area (Å²) in [5, 5.41) is 0. The van der Waals surface area contributed by atoms with Gasteiger partial charge in [-0.05, 0) is 0 Å². The van der Waals surface area contributed by atoms with Gasteiger partial charge in [0.25, 0.3) is 0 Å². The maximum Gasteiger partial charge on any atom is 0.384 e. The van der Waals surface area contributed by atoms with Crippen LogP contribution in [0.1, 0.15) is 0 Å². The second-order valence-corrected chi connectivity index (χ2v) is 12.8. The van der Waals surface area contributed by atoms with E-state index in [1.54, 1.807) is 0 Å². The zero-order valence-corrected chi connectivity index (χ0v) is 30.3. The lowest BCUT2D eigenvalue weighted by Crippen LogP contribution is -2.69. The Morgan fingerprint density at radius 3 is 0.623 bits per heavy atom. The molecule has 0 atom stereocenters. The van der Waals surface area contributed by atoms with Gasteiger partial charge in [0, 0.05) is 0 Å². The standard InChI is InChI=1S/C27H9F39O3/c28-4-5(29)8(68-2-14(39,40)20(51,52)26(63,64)23(57,58)17(45,46)11(33)34)9(69-3-15(41,42)21(53,54)27(65,66)24(59,60)18(47,48)12(35)36)6(30)7(4)67-1-13(37,38)19(49,50)25(61,62)22(55,56)16(43,44)10(31)32/h10-12H,1-3H2. The lowest BCUT2D eigenvalue weighted by Gasteiger charge is -2.39. The molecule has 0 aliphatic carbocycles. The Hall–Kier alpha value is -4.11. The Bertz CT molecular complexity index is 1970. The van der Waals surface area contributed by atoms with Gasteiger partial charge in [0.15, 0.2) is 25.6 Å². The van der Waals surface area contributed by atoms with Crippen LogP contribution >= 0.6 is 0 Å². The maximum atomic E-state index is 15.2. The first kappa shape index (κ1) is 62.9. The monoisotopic (exact) mass is 1120 g/mol. The highest BCUT2D eigenvalue weighted by Gasteiger charge is 2.90. The van der Waals surface area contributed by atoms with Gasteiger partial charge >= 0.3 is 108 Å². The highest BCUT2D eigenvalue weighted by atomic mass is 19.4. The SMILES string of the molecule is Fc1c(F)c(OCC(F)(F)C(F)(F)C(F)(F)C(F)(F)C(F)(F)C(F)F)c(OCC(F)(F)C(F)(F)C(F)(F)C(F)(F)C(F)(F)C(F)F)c(F)c1OCC(F)(F)C(F)(F)C(F)(F)C(F)(F)C(F)(F)C(F)F. The van der Waals surface area contributed by atoms with E-state index in [1.165, 1.54) is 0 Å². The molecule has 1 aromatic carbocycles. The van der Waals surface area contributed by atoms with Crippen molar-refractivity contribution in [3.8, 4) is 17.2 Å². The van der Waals surface area contributed by atoms with E-state index >= 15 is 4.39 Å². The molecule has 42 heteroatoms. The lowest BCUT2D eigenvalue weighted by molar-refractivity contribution is -0.414. The average Bonchev–Trinajstić information content (AvgIpc) is 3.16. The van der Waals surface area contributed by atoms with Crippen LogP contribution < -0.4 is 14.2 Å². The minimum atomic E-state index is -8.70. The van der Waals surface area contributed by atoms with Crippen LogP contribution in [0.2, 0.25) is 0 Å². The van der Waals surface area contributed by atoms with Gasteiger partial charge in [-0.2, -0.15) is 145 Å². The van der Waals surface area contributed by atoms with Gasteiger partial charge in [-0.25, -0.2) is 26.3 Å². The van der Waals surface area contributed by atoms with Crippen LogP contribution in [0.15, 0.2) is 0 Å². The summed E-state index contributed by atoms with van der Waals surface area (Å²) < 4.78 is 540. The minimum Gasteiger partial charge on any atom is -0.481 e. The molecule has 0 aromatic heterocycles. The first-order valence-electron chi connectivity index (χ1n) is 15.5. The van der Waals surface area contributed by atoms with Crippen LogP contribution in [-0.4, -0.2) is 128 Å². The van der Waals surface area contributed by atoms with Crippen LogP contribution in [0.25, 0.3) is 0 Å². The molecule has 0 bridgehead atoms. The predicted molar refractivity (Wildman–Crippen MR) is 135 cm³/mol. The summed E-state index contributed by atoms with van der Waals surface area (Å²) >= 11 is 0. The molecule has 69 heavy (non-hydrogen) atoms. The fourth-order valence-electron chi connectivity index (χ4n) is 4.06. The smallest absolute Gasteiger partial charge is 0.384 e. The van der Waals surface area contributed by atoms with Crippen LogP contribution in [0.5, 0.6) is 17.2 Å². The van der Waals surface area contributed by atoms with Crippen molar-refractivity contribution < 1.29 is 185 Å². The van der Waals surface area contributed by atoms with Crippen molar-refractivity contribution in [1.29, 1.82) is 0 Å². The number of alkyl halides is 36. The quantitative estimate of drug-likeness (QED) is 0.0763. The Morgan fingerprint density at radius 1 is 0.246 bits per heavy atom. The summed E-state index contributed by atoms with van der Waals surface area (Å²) in [4.78, 5) is 0. The van der Waals surface area contributed by atoms with Crippen molar-refractivity contribution in [2.75, 3.05) is 19.8 Å². The third-order valence-corrected chi connectivity index (χ3v) is 8.21. The van der Waals surface area contributed by atoms with Crippen LogP contribution in [-0.2, 0) is 0 Å². The zero-order chi connectivity index (χ0) is 55.9. The van der Waals surface area contributed by atoms with E-state index in [4.69, 9.17) is 0 Å². The largest absolute Gasteiger partial charge is 0.481 e. The van der Waals surface area contributed by atoms with Crippen molar-refractivity contribution in [3.63, 3.8) is 0 Å². The number of rotatable bonds is 24. The molecular weight excluding hydrogens is 1110 g/mol. The molecule has 408 valence electrons. The second kappa shape index (κ2) is 17.9. The van der Waals surface area contributed by atoms with E-state index in [1.807, 2.05) is 0 Å². The van der Waals surface area contributed by atoms with Crippen LogP contribution in [0, 0.1) is 17.5 Å². The molecule has 0 unspecified atom stereocenters. The number of hydrogen-bond acceptors (Lipinski definition) is 3. The Kier molecular flexibility index (Phi) is 16.3. The van der Waals surface area contributed by atoms with E-state index in [-0.39, 0.29) is 0 Å². The third kappa shape index (κ3) is 9.11. The fraction of sp³-hybridized carbons (Fsp3) is 0.778. The van der Waals surface area contributed by atoms with Gasteiger partial charge in [-0.15, -0.1) is 0 Å². The second-order valence-electron chi connectivity index (χ2n) is 12.8. The maximum absolute atomic E-state index is 15.2. The van der Waals surface area contributed by atoms with E-state index in [0.717, 1.165) is 0 Å². The topological polar surface area (TPSA) is 27.7 Å². The zero-order valence-electron chi connectivity index (χ0n) is 30.3. The Morgan fingerprint density at radius 2 is 0.420 bits per heavy atom. The fourth-order valence-corrected chi connectivity index (χ4v) is 4.06. The minimum absolute atomic E-state index is 2.87. The summed E-state index contributed by atoms with van der Waals surface area (Å²) in [5.74, 6) is -148. The first-order valence-corrected chi connectivity index (χ1v) is 15.5. The highest BCUT2D eigenvalue weighted by molar-refractivity contribution is 5.50. The van der Waals surface area contributed by atoms with Gasteiger partial charge in [-0.1, -0.05) is 0 Å². The van der Waals surface area contributed by atoms with E-state index in [0.29, 0.717) is 0 Å². The van der Waals surface area contributed by atoms with Gasteiger partial charge in [-0.3, -0.25) is 0 Å². The lowest BCUT2D eigenvalue weighted by atomic mass is 9.94. The first-order chi connectivity index (χ1) is 29.8. The van der Waals surface area contributed by atoms with E-state index in [9.17, 15) is 167 Å². The van der Waals surface area contributed by atoms with E-state index < -0.39 is 163 Å². The molecular formula is C27H9F39O3. The van der Waals surface area contributed by atoms with Gasteiger partial charge in [0.05, 0.1) is 0 Å². The van der Waals surface area contributed by atoms with Gasteiger partial charge in [0.1, 0.15) is 0 Å². The van der Waals surface area contributed by atoms with Crippen molar-refractivity contribution in [2.24, 2.45) is 0 Å². The molecule has 0 saturated heterocycles. The molecule has 0 spiro atoms. The van der Waals surface area contributed by atoms with Gasteiger partial charge in [0.2, 0.25) is 29.0 Å². The molecule has 0 fully saturated rings. The number of halogens is 39. The predicted octanol–water partition coefficient (Wildman–Crippen LogP) is 13.6. The number of hydrogen-bond donors (Lipinski definition) is 0. The molecule has 0 aliphatic heterocycles. The molecule has 1 aromatic rings. The average molecular weight is 1120 g/mol. The van der Waals surface area contributed by atoms with Crippen molar-refractivity contribution in [2.45, 2.75) is 108 Å². The summed E-state index contributed by atoms with van der Waals surface area (Å²) in [6.45, 7) is -13.6. The summed E-state index contributed by atoms with van der Waals surface area (Å²) in [6.07, 6.45) is -18.7. The van der Waals surface area contributed by atoms with Crippen molar-refractivity contribution >= 4 is 0 Å². The molecule has 0 aliphatic rings. The molecule has 0 radical (unpaired) electrons. The third-order valence-electron chi connectivity index (χ3n) is 8.21. The summed E-state index contributed by atoms with van der Waals surface area (Å²) in [6, 6.07) is 0. The van der Waals surface area contributed by atoms with Crippen LogP contribution in [0.4, 0.5) is 171 Å².